The summed E-state index contributed by atoms with van der Waals surface area (Å²) in [6, 6.07) is 16.9. The molecular formula is C47H60N4O4S. The number of hydrogen-bond donors (Lipinski definition) is 3. The zero-order valence-corrected chi connectivity index (χ0v) is 35.1. The van der Waals surface area contributed by atoms with E-state index in [9.17, 15) is 9.59 Å². The molecule has 3 unspecified atom stereocenters. The third kappa shape index (κ3) is 8.83. The number of allylic oxidation sites excluding steroid dienone is 2. The van der Waals surface area contributed by atoms with Crippen LogP contribution in [-0.2, 0) is 4.74 Å². The molecule has 3 atom stereocenters. The fourth-order valence-electron chi connectivity index (χ4n) is 9.36. The SMILES string of the molecule is CC1CC(C)(C)Nc2cc3c(cc21)C(c1ccccc1C(=O)N(CCCS)CCCNC(=O)OC1CC/C=C/CCC1)=c1cc2c(cc1O3)=NC(C)(C)CC2C. The van der Waals surface area contributed by atoms with E-state index in [2.05, 4.69) is 107 Å². The van der Waals surface area contributed by atoms with Crippen LogP contribution in [0.5, 0.6) is 11.5 Å². The van der Waals surface area contributed by atoms with Gasteiger partial charge >= 0.3 is 6.09 Å². The van der Waals surface area contributed by atoms with Gasteiger partial charge in [-0.25, -0.2) is 4.79 Å². The number of ether oxygens (including phenoxy) is 2. The van der Waals surface area contributed by atoms with Crippen LogP contribution in [0, 0.1) is 0 Å². The van der Waals surface area contributed by atoms with Gasteiger partial charge < -0.3 is 25.0 Å². The molecule has 0 saturated carbocycles. The fourth-order valence-corrected chi connectivity index (χ4v) is 9.50. The molecule has 4 aliphatic rings. The van der Waals surface area contributed by atoms with E-state index in [0.717, 1.165) is 95.8 Å². The number of benzene rings is 3. The van der Waals surface area contributed by atoms with Crippen molar-refractivity contribution in [2.75, 3.05) is 30.7 Å². The summed E-state index contributed by atoms with van der Waals surface area (Å²) < 4.78 is 12.6. The van der Waals surface area contributed by atoms with Gasteiger partial charge in [-0.2, -0.15) is 12.6 Å². The lowest BCUT2D eigenvalue weighted by Crippen LogP contribution is -2.37. The molecule has 0 fully saturated rings. The highest BCUT2D eigenvalue weighted by Gasteiger charge is 2.34. The summed E-state index contributed by atoms with van der Waals surface area (Å²) >= 11 is 4.50. The first-order chi connectivity index (χ1) is 26.8. The van der Waals surface area contributed by atoms with Gasteiger partial charge in [0.25, 0.3) is 5.91 Å². The maximum Gasteiger partial charge on any atom is 0.407 e. The Morgan fingerprint density at radius 3 is 2.52 bits per heavy atom. The van der Waals surface area contributed by atoms with E-state index in [-0.39, 0.29) is 29.2 Å². The molecule has 2 N–H and O–H groups in total. The maximum absolute atomic E-state index is 14.8. The minimum absolute atomic E-state index is 0.0348. The third-order valence-corrected chi connectivity index (χ3v) is 12.1. The Morgan fingerprint density at radius 2 is 1.70 bits per heavy atom. The van der Waals surface area contributed by atoms with Crippen molar-refractivity contribution in [2.24, 2.45) is 4.99 Å². The molecule has 0 bridgehead atoms. The Bertz CT molecular complexity index is 2120. The van der Waals surface area contributed by atoms with Crippen LogP contribution in [0.25, 0.3) is 5.57 Å². The van der Waals surface area contributed by atoms with Gasteiger partial charge in [0, 0.05) is 64.9 Å². The molecule has 3 aromatic rings. The summed E-state index contributed by atoms with van der Waals surface area (Å²) in [6.45, 7) is 15.0. The number of anilines is 1. The lowest BCUT2D eigenvalue weighted by atomic mass is 9.79. The average molecular weight is 777 g/mol. The van der Waals surface area contributed by atoms with Crippen molar-refractivity contribution >= 4 is 35.9 Å². The predicted octanol–water partition coefficient (Wildman–Crippen LogP) is 9.41. The van der Waals surface area contributed by atoms with Gasteiger partial charge in [-0.1, -0.05) is 44.2 Å². The summed E-state index contributed by atoms with van der Waals surface area (Å²) in [5.41, 5.74) is 6.88. The second kappa shape index (κ2) is 16.7. The van der Waals surface area contributed by atoms with Crippen LogP contribution >= 0.6 is 12.6 Å². The number of nitrogens with zero attached hydrogens (tertiary/aromatic N) is 2. The largest absolute Gasteiger partial charge is 0.456 e. The fraction of sp³-hybridized carbons (Fsp3) is 0.511. The molecule has 8 nitrogen and oxygen atoms in total. The Balaban J connectivity index is 1.24. The van der Waals surface area contributed by atoms with E-state index in [1.165, 1.54) is 11.1 Å². The molecule has 3 aliphatic heterocycles. The standard InChI is InChI=1S/C47H60N4O4S/c1-30-28-46(3,4)49-39-26-41-37(24-35(30)39)43(38-25-36-31(2)29-47(5,6)50-40(36)27-42(38)55-41)33-18-12-13-19-34(33)44(52)51(22-15-23-56)21-14-20-48-45(53)54-32-16-10-8-7-9-11-17-32/h7-8,12-13,18-19,24-27,30-32,49,56H,9-11,14-17,20-23,28-29H2,1-6H3,(H,48,53)/b8-7+. The summed E-state index contributed by atoms with van der Waals surface area (Å²) in [7, 11) is 0. The van der Waals surface area contributed by atoms with E-state index >= 15 is 0 Å². The van der Waals surface area contributed by atoms with Gasteiger partial charge in [0.2, 0.25) is 0 Å². The molecule has 0 radical (unpaired) electrons. The molecule has 0 aromatic heterocycles. The topological polar surface area (TPSA) is 92.3 Å². The number of carbonyl (C=O) groups excluding carboxylic acids is 2. The molecule has 0 spiro atoms. The number of nitrogens with one attached hydrogen (secondary N) is 2. The third-order valence-electron chi connectivity index (χ3n) is 11.8. The number of hydrogen-bond acceptors (Lipinski definition) is 7. The van der Waals surface area contributed by atoms with Crippen LogP contribution in [0.3, 0.4) is 0 Å². The first kappa shape index (κ1) is 40.0. The molecule has 298 valence electrons. The molecule has 3 heterocycles. The van der Waals surface area contributed by atoms with Crippen LogP contribution in [0.4, 0.5) is 10.5 Å². The van der Waals surface area contributed by atoms with Gasteiger partial charge in [0.05, 0.1) is 10.9 Å². The molecule has 3 aromatic carbocycles. The highest BCUT2D eigenvalue weighted by molar-refractivity contribution is 7.80. The van der Waals surface area contributed by atoms with Crippen molar-refractivity contribution in [1.82, 2.24) is 10.2 Å². The van der Waals surface area contributed by atoms with Crippen LogP contribution in [0.1, 0.15) is 144 Å². The zero-order valence-electron chi connectivity index (χ0n) is 34.2. The average Bonchev–Trinajstić information content (AvgIpc) is 3.12. The first-order valence-electron chi connectivity index (χ1n) is 20.8. The van der Waals surface area contributed by atoms with Crippen molar-refractivity contribution in [2.45, 2.75) is 128 Å². The molecular weight excluding hydrogens is 717 g/mol. The van der Waals surface area contributed by atoms with Crippen molar-refractivity contribution in [3.8, 4) is 11.5 Å². The van der Waals surface area contributed by atoms with E-state index in [1.807, 2.05) is 23.1 Å². The Kier molecular flexibility index (Phi) is 11.9. The second-order valence-electron chi connectivity index (χ2n) is 17.7. The molecule has 56 heavy (non-hydrogen) atoms. The van der Waals surface area contributed by atoms with Crippen LogP contribution in [-0.4, -0.2) is 59.5 Å². The monoisotopic (exact) mass is 776 g/mol. The van der Waals surface area contributed by atoms with Crippen LogP contribution in [0.2, 0.25) is 0 Å². The Morgan fingerprint density at radius 1 is 0.929 bits per heavy atom. The molecule has 9 heteroatoms. The quantitative estimate of drug-likeness (QED) is 0.0849. The lowest BCUT2D eigenvalue weighted by molar-refractivity contribution is 0.0751. The minimum atomic E-state index is -0.380. The van der Waals surface area contributed by atoms with Gasteiger partial charge in [0.15, 0.2) is 0 Å². The minimum Gasteiger partial charge on any atom is -0.456 e. The smallest absolute Gasteiger partial charge is 0.407 e. The second-order valence-corrected chi connectivity index (χ2v) is 18.1. The predicted molar refractivity (Wildman–Crippen MR) is 229 cm³/mol. The summed E-state index contributed by atoms with van der Waals surface area (Å²) in [4.78, 5) is 34.6. The van der Waals surface area contributed by atoms with Gasteiger partial charge in [-0.15, -0.1) is 0 Å². The molecule has 0 saturated heterocycles. The van der Waals surface area contributed by atoms with Crippen LogP contribution < -0.4 is 25.9 Å². The Hall–Kier alpha value is -4.24. The van der Waals surface area contributed by atoms with E-state index in [4.69, 9.17) is 14.5 Å². The van der Waals surface area contributed by atoms with Gasteiger partial charge in [-0.05, 0) is 138 Å². The lowest BCUT2D eigenvalue weighted by Gasteiger charge is -2.38. The highest BCUT2D eigenvalue weighted by Crippen LogP contribution is 2.46. The molecule has 1 aliphatic carbocycles. The van der Waals surface area contributed by atoms with Crippen LogP contribution in [0.15, 0.2) is 65.7 Å². The van der Waals surface area contributed by atoms with E-state index in [0.29, 0.717) is 49.2 Å². The summed E-state index contributed by atoms with van der Waals surface area (Å²) in [5, 5.41) is 8.68. The Labute approximate surface area is 338 Å². The van der Waals surface area contributed by atoms with Crippen molar-refractivity contribution in [1.29, 1.82) is 0 Å². The number of rotatable bonds is 10. The highest BCUT2D eigenvalue weighted by atomic mass is 32.1. The molecule has 7 rings (SSSR count). The maximum atomic E-state index is 14.8. The van der Waals surface area contributed by atoms with Gasteiger partial charge in [-0.3, -0.25) is 9.79 Å². The number of amides is 2. The number of alkyl carbamates (subject to hydrolysis) is 1. The number of thiol groups is 1. The van der Waals surface area contributed by atoms with Crippen molar-refractivity contribution in [3.05, 3.63) is 99.1 Å². The van der Waals surface area contributed by atoms with Gasteiger partial charge in [0.1, 0.15) is 17.6 Å². The normalized spacial score (nSPS) is 22.2. The number of carbonyl (C=O) groups is 2. The van der Waals surface area contributed by atoms with Crippen molar-refractivity contribution in [3.63, 3.8) is 0 Å². The van der Waals surface area contributed by atoms with Crippen molar-refractivity contribution < 1.29 is 19.1 Å². The number of fused-ring (bicyclic) bond motifs is 4. The first-order valence-corrected chi connectivity index (χ1v) is 21.5. The summed E-state index contributed by atoms with van der Waals surface area (Å²) in [6.07, 6.45) is 12.0. The summed E-state index contributed by atoms with van der Waals surface area (Å²) in [5.74, 6) is 2.82. The van der Waals surface area contributed by atoms with E-state index < -0.39 is 0 Å². The zero-order chi connectivity index (χ0) is 39.6. The molecule has 2 amide bonds. The van der Waals surface area contributed by atoms with E-state index in [1.54, 1.807) is 0 Å².